The fourth-order valence-electron chi connectivity index (χ4n) is 1.22. The largest absolute Gasteiger partial charge is 0.486 e. The number of aromatic nitrogens is 1. The Hall–Kier alpha value is -1.74. The summed E-state index contributed by atoms with van der Waals surface area (Å²) in [5.41, 5.74) is 0. The summed E-state index contributed by atoms with van der Waals surface area (Å²) in [6, 6.07) is 2.96. The summed E-state index contributed by atoms with van der Waals surface area (Å²) >= 11 is 0. The zero-order valence-corrected chi connectivity index (χ0v) is 10.3. The highest BCUT2D eigenvalue weighted by atomic mass is 32.2. The molecule has 1 aromatic rings. The van der Waals surface area contributed by atoms with Crippen LogP contribution in [0.4, 0.5) is 5.82 Å². The quantitative estimate of drug-likeness (QED) is 0.437. The Morgan fingerprint density at radius 3 is 2.78 bits per heavy atom. The van der Waals surface area contributed by atoms with Gasteiger partial charge < -0.3 is 14.9 Å². The van der Waals surface area contributed by atoms with Gasteiger partial charge in [0, 0.05) is 0 Å². The number of hydrogen-bond acceptors (Lipinski definition) is 6. The molecule has 8 nitrogen and oxygen atoms in total. The number of ether oxygens (including phenoxy) is 1. The molecule has 0 bridgehead atoms. The van der Waals surface area contributed by atoms with Crippen molar-refractivity contribution in [2.75, 3.05) is 12.4 Å². The Kier molecular flexibility index (Phi) is 4.98. The maximum Gasteiger partial charge on any atom is 0.406 e. The summed E-state index contributed by atoms with van der Waals surface area (Å²) < 4.78 is 26.5. The van der Waals surface area contributed by atoms with Gasteiger partial charge in [-0.05, 0) is 34.9 Å². The first-order valence-electron chi connectivity index (χ1n) is 5.13. The highest BCUT2D eigenvalue weighted by molar-refractivity contribution is 7.89. The second-order valence-electron chi connectivity index (χ2n) is 3.50. The van der Waals surface area contributed by atoms with Gasteiger partial charge in [0.25, 0.3) is 0 Å². The number of rotatable bonds is 7. The molecule has 0 radical (unpaired) electrons. The van der Waals surface area contributed by atoms with E-state index >= 15 is 0 Å². The van der Waals surface area contributed by atoms with Gasteiger partial charge in [0.15, 0.2) is 0 Å². The standard InChI is InChI=1S/C9H13N3O5S/c10-18(15,16)7-2-1-6-17-8-4-3-5-11-9(8)12(13)14/h3-5H,1-2,6-7H2,(H2,10,15,16). The van der Waals surface area contributed by atoms with Crippen molar-refractivity contribution < 1.29 is 18.1 Å². The molecule has 0 aliphatic rings. The van der Waals surface area contributed by atoms with Crippen molar-refractivity contribution in [1.29, 1.82) is 0 Å². The highest BCUT2D eigenvalue weighted by Crippen LogP contribution is 2.22. The number of pyridine rings is 1. The Balaban J connectivity index is 2.42. The summed E-state index contributed by atoms with van der Waals surface area (Å²) in [5.74, 6) is -0.423. The van der Waals surface area contributed by atoms with E-state index in [4.69, 9.17) is 9.88 Å². The summed E-state index contributed by atoms with van der Waals surface area (Å²) in [5, 5.41) is 15.4. The summed E-state index contributed by atoms with van der Waals surface area (Å²) in [4.78, 5) is 13.5. The molecule has 1 heterocycles. The van der Waals surface area contributed by atoms with Gasteiger partial charge in [0.05, 0.1) is 12.4 Å². The van der Waals surface area contributed by atoms with Crippen LogP contribution >= 0.6 is 0 Å². The first kappa shape index (κ1) is 14.3. The van der Waals surface area contributed by atoms with E-state index in [2.05, 4.69) is 4.98 Å². The van der Waals surface area contributed by atoms with Crippen molar-refractivity contribution in [2.24, 2.45) is 5.14 Å². The number of nitro groups is 1. The van der Waals surface area contributed by atoms with Gasteiger partial charge in [0.2, 0.25) is 15.8 Å². The summed E-state index contributed by atoms with van der Waals surface area (Å²) in [7, 11) is -3.47. The number of unbranched alkanes of at least 4 members (excludes halogenated alkanes) is 1. The molecule has 0 aliphatic carbocycles. The van der Waals surface area contributed by atoms with Crippen LogP contribution in [0.1, 0.15) is 12.8 Å². The third-order valence-electron chi connectivity index (χ3n) is 2.00. The van der Waals surface area contributed by atoms with E-state index < -0.39 is 14.9 Å². The zero-order chi connectivity index (χ0) is 13.6. The van der Waals surface area contributed by atoms with Crippen LogP contribution in [0.25, 0.3) is 0 Å². The molecule has 0 atom stereocenters. The van der Waals surface area contributed by atoms with Crippen molar-refractivity contribution in [1.82, 2.24) is 4.98 Å². The van der Waals surface area contributed by atoms with E-state index in [1.807, 2.05) is 0 Å². The molecule has 0 spiro atoms. The third-order valence-corrected chi connectivity index (χ3v) is 2.86. The minimum absolute atomic E-state index is 0.0677. The maximum absolute atomic E-state index is 10.6. The number of nitrogens with zero attached hydrogens (tertiary/aromatic N) is 2. The van der Waals surface area contributed by atoms with Crippen LogP contribution in [-0.4, -0.2) is 30.7 Å². The van der Waals surface area contributed by atoms with Crippen LogP contribution < -0.4 is 9.88 Å². The molecule has 100 valence electrons. The second-order valence-corrected chi connectivity index (χ2v) is 5.24. The molecule has 0 unspecified atom stereocenters. The predicted molar refractivity (Wildman–Crippen MR) is 63.6 cm³/mol. The molecular formula is C9H13N3O5S. The van der Waals surface area contributed by atoms with Crippen molar-refractivity contribution in [3.8, 4) is 5.75 Å². The van der Waals surface area contributed by atoms with Gasteiger partial charge in [-0.3, -0.25) is 0 Å². The van der Waals surface area contributed by atoms with Crippen molar-refractivity contribution in [3.63, 3.8) is 0 Å². The van der Waals surface area contributed by atoms with E-state index in [0.29, 0.717) is 12.8 Å². The summed E-state index contributed by atoms with van der Waals surface area (Å²) in [6.07, 6.45) is 2.07. The van der Waals surface area contributed by atoms with Gasteiger partial charge in [-0.25, -0.2) is 13.6 Å². The molecule has 2 N–H and O–H groups in total. The van der Waals surface area contributed by atoms with Gasteiger partial charge in [-0.1, -0.05) is 0 Å². The molecule has 18 heavy (non-hydrogen) atoms. The smallest absolute Gasteiger partial charge is 0.406 e. The molecule has 1 rings (SSSR count). The van der Waals surface area contributed by atoms with E-state index in [9.17, 15) is 18.5 Å². The molecule has 9 heteroatoms. The van der Waals surface area contributed by atoms with E-state index in [1.165, 1.54) is 18.3 Å². The van der Waals surface area contributed by atoms with E-state index in [0.717, 1.165) is 0 Å². The fraction of sp³-hybridized carbons (Fsp3) is 0.444. The monoisotopic (exact) mass is 275 g/mol. The lowest BCUT2D eigenvalue weighted by Gasteiger charge is -2.05. The summed E-state index contributed by atoms with van der Waals surface area (Å²) in [6.45, 7) is 0.169. The lowest BCUT2D eigenvalue weighted by molar-refractivity contribution is -0.390. The van der Waals surface area contributed by atoms with Crippen LogP contribution in [0.5, 0.6) is 5.75 Å². The molecule has 0 saturated carbocycles. The molecule has 0 aromatic carbocycles. The Labute approximate surface area is 104 Å². The third kappa shape index (κ3) is 5.06. The molecular weight excluding hydrogens is 262 g/mol. The lowest BCUT2D eigenvalue weighted by atomic mass is 10.3. The Morgan fingerprint density at radius 1 is 1.44 bits per heavy atom. The van der Waals surface area contributed by atoms with Gasteiger partial charge >= 0.3 is 5.82 Å². The minimum atomic E-state index is -3.47. The molecule has 0 fully saturated rings. The van der Waals surface area contributed by atoms with E-state index in [1.54, 1.807) is 0 Å². The number of hydrogen-bond donors (Lipinski definition) is 1. The van der Waals surface area contributed by atoms with Crippen LogP contribution in [0, 0.1) is 10.1 Å². The Morgan fingerprint density at radius 2 is 2.17 bits per heavy atom. The molecule has 0 aliphatic heterocycles. The molecule has 0 amide bonds. The molecule has 0 saturated heterocycles. The van der Waals surface area contributed by atoms with Crippen LogP contribution in [0.2, 0.25) is 0 Å². The van der Waals surface area contributed by atoms with E-state index in [-0.39, 0.29) is 23.9 Å². The highest BCUT2D eigenvalue weighted by Gasteiger charge is 2.15. The topological polar surface area (TPSA) is 125 Å². The SMILES string of the molecule is NS(=O)(=O)CCCCOc1cccnc1[N+](=O)[O-]. The minimum Gasteiger partial charge on any atom is -0.486 e. The van der Waals surface area contributed by atoms with Gasteiger partial charge in [0.1, 0.15) is 6.20 Å². The van der Waals surface area contributed by atoms with Crippen molar-refractivity contribution in [3.05, 3.63) is 28.4 Å². The number of sulfonamides is 1. The number of nitrogens with two attached hydrogens (primary N) is 1. The Bertz CT molecular complexity index is 517. The number of primary sulfonamides is 1. The van der Waals surface area contributed by atoms with Crippen molar-refractivity contribution >= 4 is 15.8 Å². The van der Waals surface area contributed by atoms with Crippen LogP contribution in [0.3, 0.4) is 0 Å². The maximum atomic E-state index is 10.6. The van der Waals surface area contributed by atoms with Gasteiger partial charge in [-0.2, -0.15) is 0 Å². The van der Waals surface area contributed by atoms with Crippen LogP contribution in [0.15, 0.2) is 18.3 Å². The zero-order valence-electron chi connectivity index (χ0n) is 9.48. The fourth-order valence-corrected chi connectivity index (χ4v) is 1.83. The van der Waals surface area contributed by atoms with Gasteiger partial charge in [-0.15, -0.1) is 0 Å². The lowest BCUT2D eigenvalue weighted by Crippen LogP contribution is -2.16. The van der Waals surface area contributed by atoms with Crippen molar-refractivity contribution in [2.45, 2.75) is 12.8 Å². The first-order chi connectivity index (χ1) is 8.40. The van der Waals surface area contributed by atoms with Crippen LogP contribution in [-0.2, 0) is 10.0 Å². The predicted octanol–water partition coefficient (Wildman–Crippen LogP) is 0.437. The second kappa shape index (κ2) is 6.26. The average molecular weight is 275 g/mol. The molecule has 1 aromatic heterocycles. The normalized spacial score (nSPS) is 11.2. The average Bonchev–Trinajstić information content (AvgIpc) is 2.27. The first-order valence-corrected chi connectivity index (χ1v) is 6.84.